The summed E-state index contributed by atoms with van der Waals surface area (Å²) < 4.78 is 10.5. The Balaban J connectivity index is 4.14. The average Bonchev–Trinajstić information content (AvgIpc) is 2.01. The molecule has 0 aliphatic heterocycles. The Kier molecular flexibility index (Phi) is 5.24. The standard InChI is InChI=1S/C11H22O4/c1-10(2,3)15-9(13)11(4,5)14-8-6-7-12/h12H,6-8H2,1-5H3. The second kappa shape index (κ2) is 5.47. The number of aliphatic hydroxyl groups is 1. The van der Waals surface area contributed by atoms with Gasteiger partial charge in [-0.1, -0.05) is 0 Å². The molecule has 0 aromatic rings. The summed E-state index contributed by atoms with van der Waals surface area (Å²) in [5.74, 6) is -0.382. The zero-order valence-electron chi connectivity index (χ0n) is 10.3. The lowest BCUT2D eigenvalue weighted by Gasteiger charge is -2.28. The van der Waals surface area contributed by atoms with Gasteiger partial charge in [-0.25, -0.2) is 4.79 Å². The second-order valence-electron chi connectivity index (χ2n) is 4.94. The molecule has 0 rings (SSSR count). The normalized spacial score (nSPS) is 12.7. The molecule has 90 valence electrons. The van der Waals surface area contributed by atoms with E-state index in [2.05, 4.69) is 0 Å². The summed E-state index contributed by atoms with van der Waals surface area (Å²) >= 11 is 0. The first-order chi connectivity index (χ1) is 6.69. The summed E-state index contributed by atoms with van der Waals surface area (Å²) in [6.45, 7) is 9.18. The molecular weight excluding hydrogens is 196 g/mol. The Morgan fingerprint density at radius 3 is 2.13 bits per heavy atom. The summed E-state index contributed by atoms with van der Waals surface area (Å²) in [5.41, 5.74) is -1.46. The van der Waals surface area contributed by atoms with E-state index in [9.17, 15) is 4.79 Å². The monoisotopic (exact) mass is 218 g/mol. The minimum absolute atomic E-state index is 0.0599. The molecule has 0 aromatic carbocycles. The third-order valence-corrected chi connectivity index (χ3v) is 1.66. The molecule has 0 saturated carbocycles. The molecule has 0 atom stereocenters. The fourth-order valence-corrected chi connectivity index (χ4v) is 0.852. The van der Waals surface area contributed by atoms with Crippen molar-refractivity contribution >= 4 is 5.97 Å². The lowest BCUT2D eigenvalue weighted by molar-refractivity contribution is -0.179. The van der Waals surface area contributed by atoms with Gasteiger partial charge < -0.3 is 14.6 Å². The molecular formula is C11H22O4. The lowest BCUT2D eigenvalue weighted by atomic mass is 10.1. The fraction of sp³-hybridized carbons (Fsp3) is 0.909. The van der Waals surface area contributed by atoms with Gasteiger partial charge in [0.2, 0.25) is 0 Å². The van der Waals surface area contributed by atoms with Gasteiger partial charge in [-0.2, -0.15) is 0 Å². The maximum Gasteiger partial charge on any atom is 0.338 e. The molecule has 0 aliphatic carbocycles. The van der Waals surface area contributed by atoms with Gasteiger partial charge in [0.25, 0.3) is 0 Å². The van der Waals surface area contributed by atoms with Crippen molar-refractivity contribution in [2.24, 2.45) is 0 Å². The predicted octanol–water partition coefficient (Wildman–Crippen LogP) is 1.51. The van der Waals surface area contributed by atoms with Crippen LogP contribution in [0.25, 0.3) is 0 Å². The van der Waals surface area contributed by atoms with E-state index >= 15 is 0 Å². The number of carbonyl (C=O) groups excluding carboxylic acids is 1. The van der Waals surface area contributed by atoms with Crippen LogP contribution in [0.15, 0.2) is 0 Å². The molecule has 0 aromatic heterocycles. The zero-order chi connectivity index (χ0) is 12.1. The van der Waals surface area contributed by atoms with Crippen LogP contribution in [0.4, 0.5) is 0 Å². The van der Waals surface area contributed by atoms with Gasteiger partial charge in [0.05, 0.1) is 6.61 Å². The Morgan fingerprint density at radius 1 is 1.20 bits per heavy atom. The van der Waals surface area contributed by atoms with Crippen LogP contribution in [0.2, 0.25) is 0 Å². The highest BCUT2D eigenvalue weighted by Crippen LogP contribution is 2.17. The summed E-state index contributed by atoms with van der Waals surface area (Å²) in [6.07, 6.45) is 0.520. The molecule has 0 saturated heterocycles. The maximum absolute atomic E-state index is 11.7. The average molecular weight is 218 g/mol. The Bertz CT molecular complexity index is 203. The Hall–Kier alpha value is -0.610. The third kappa shape index (κ3) is 6.47. The first-order valence-corrected chi connectivity index (χ1v) is 5.17. The van der Waals surface area contributed by atoms with Crippen molar-refractivity contribution in [3.05, 3.63) is 0 Å². The molecule has 0 amide bonds. The Morgan fingerprint density at radius 2 is 1.73 bits per heavy atom. The second-order valence-corrected chi connectivity index (χ2v) is 4.94. The van der Waals surface area contributed by atoms with Crippen LogP contribution in [0.1, 0.15) is 41.0 Å². The SMILES string of the molecule is CC(C)(C)OC(=O)C(C)(C)OCCCO. The molecule has 15 heavy (non-hydrogen) atoms. The van der Waals surface area contributed by atoms with Crippen molar-refractivity contribution in [3.8, 4) is 0 Å². The molecule has 0 fully saturated rings. The van der Waals surface area contributed by atoms with Crippen LogP contribution in [-0.2, 0) is 14.3 Å². The predicted molar refractivity (Wildman–Crippen MR) is 57.6 cm³/mol. The molecule has 4 nitrogen and oxygen atoms in total. The lowest BCUT2D eigenvalue weighted by Crippen LogP contribution is -2.41. The van der Waals surface area contributed by atoms with E-state index < -0.39 is 11.2 Å². The summed E-state index contributed by atoms with van der Waals surface area (Å²) in [5, 5.41) is 8.59. The molecule has 0 radical (unpaired) electrons. The number of hydrogen-bond donors (Lipinski definition) is 1. The fourth-order valence-electron chi connectivity index (χ4n) is 0.852. The van der Waals surface area contributed by atoms with E-state index in [1.165, 1.54) is 0 Å². The topological polar surface area (TPSA) is 55.8 Å². The molecule has 0 spiro atoms. The van der Waals surface area contributed by atoms with E-state index in [1.807, 2.05) is 20.8 Å². The zero-order valence-corrected chi connectivity index (χ0v) is 10.3. The van der Waals surface area contributed by atoms with Crippen LogP contribution in [-0.4, -0.2) is 35.5 Å². The molecule has 4 heteroatoms. The van der Waals surface area contributed by atoms with Crippen LogP contribution >= 0.6 is 0 Å². The van der Waals surface area contributed by atoms with Crippen LogP contribution < -0.4 is 0 Å². The number of ether oxygens (including phenoxy) is 2. The summed E-state index contributed by atoms with van der Waals surface area (Å²) in [4.78, 5) is 11.7. The molecule has 0 aliphatic rings. The van der Waals surface area contributed by atoms with E-state index in [4.69, 9.17) is 14.6 Å². The van der Waals surface area contributed by atoms with E-state index in [-0.39, 0.29) is 12.6 Å². The number of esters is 1. The van der Waals surface area contributed by atoms with E-state index in [1.54, 1.807) is 13.8 Å². The number of rotatable bonds is 5. The first-order valence-electron chi connectivity index (χ1n) is 5.17. The van der Waals surface area contributed by atoms with Crippen molar-refractivity contribution in [2.75, 3.05) is 13.2 Å². The van der Waals surface area contributed by atoms with E-state index in [0.717, 1.165) is 0 Å². The minimum atomic E-state index is -0.956. The van der Waals surface area contributed by atoms with Crippen molar-refractivity contribution in [3.63, 3.8) is 0 Å². The molecule has 0 heterocycles. The van der Waals surface area contributed by atoms with Gasteiger partial charge in [-0.15, -0.1) is 0 Å². The Labute approximate surface area is 91.6 Å². The van der Waals surface area contributed by atoms with Crippen molar-refractivity contribution in [1.29, 1.82) is 0 Å². The summed E-state index contributed by atoms with van der Waals surface area (Å²) in [7, 11) is 0. The number of carbonyl (C=O) groups is 1. The smallest absolute Gasteiger partial charge is 0.338 e. The minimum Gasteiger partial charge on any atom is -0.458 e. The van der Waals surface area contributed by atoms with Crippen molar-refractivity contribution in [2.45, 2.75) is 52.2 Å². The van der Waals surface area contributed by atoms with E-state index in [0.29, 0.717) is 13.0 Å². The van der Waals surface area contributed by atoms with Gasteiger partial charge in [-0.3, -0.25) is 0 Å². The van der Waals surface area contributed by atoms with Gasteiger partial charge in [0.15, 0.2) is 5.60 Å². The maximum atomic E-state index is 11.7. The summed E-state index contributed by atoms with van der Waals surface area (Å²) in [6, 6.07) is 0. The van der Waals surface area contributed by atoms with Crippen molar-refractivity contribution in [1.82, 2.24) is 0 Å². The first kappa shape index (κ1) is 14.4. The van der Waals surface area contributed by atoms with Crippen LogP contribution in [0, 0.1) is 0 Å². The molecule has 0 bridgehead atoms. The van der Waals surface area contributed by atoms with Crippen molar-refractivity contribution < 1.29 is 19.4 Å². The third-order valence-electron chi connectivity index (χ3n) is 1.66. The van der Waals surface area contributed by atoms with Gasteiger partial charge in [0.1, 0.15) is 5.60 Å². The molecule has 1 N–H and O–H groups in total. The number of hydrogen-bond acceptors (Lipinski definition) is 4. The highest BCUT2D eigenvalue weighted by atomic mass is 16.6. The highest BCUT2D eigenvalue weighted by molar-refractivity contribution is 5.78. The molecule has 0 unspecified atom stereocenters. The van der Waals surface area contributed by atoms with Gasteiger partial charge in [0, 0.05) is 6.61 Å². The largest absolute Gasteiger partial charge is 0.458 e. The van der Waals surface area contributed by atoms with Gasteiger partial charge in [-0.05, 0) is 41.0 Å². The van der Waals surface area contributed by atoms with Crippen LogP contribution in [0.5, 0.6) is 0 Å². The quantitative estimate of drug-likeness (QED) is 0.561. The highest BCUT2D eigenvalue weighted by Gasteiger charge is 2.33. The van der Waals surface area contributed by atoms with Gasteiger partial charge >= 0.3 is 5.97 Å². The van der Waals surface area contributed by atoms with Crippen LogP contribution in [0.3, 0.4) is 0 Å². The number of aliphatic hydroxyl groups excluding tert-OH is 1.